The highest BCUT2D eigenvalue weighted by molar-refractivity contribution is 5.93. The number of carbonyl (C=O) groups excluding carboxylic acids is 1. The molecule has 0 spiro atoms. The minimum Gasteiger partial charge on any atom is -0.507 e. The van der Waals surface area contributed by atoms with E-state index in [1.807, 2.05) is 36.4 Å². The summed E-state index contributed by atoms with van der Waals surface area (Å²) in [6, 6.07) is 14.9. The first-order valence-electron chi connectivity index (χ1n) is 10.1. The van der Waals surface area contributed by atoms with Crippen LogP contribution >= 0.6 is 0 Å². The first-order chi connectivity index (χ1) is 14.6. The number of amides is 1. The Morgan fingerprint density at radius 3 is 2.83 bits per heavy atom. The fourth-order valence-corrected chi connectivity index (χ4v) is 3.94. The standard InChI is InChI=1S/C23H26N4O3/c1-30-22-6-2-5-21(28)19(22)15-27-13-3-4-17(14-27)23(29)25-18-9-7-16(8-10-18)20-11-12-24-26-20/h2,5-12,17,28H,3-4,13-15H2,1H3,(H,24,26)(H,25,29)/t17-/m0/s1. The maximum atomic E-state index is 12.8. The van der Waals surface area contributed by atoms with Crippen LogP contribution in [0.2, 0.25) is 0 Å². The van der Waals surface area contributed by atoms with Crippen molar-refractivity contribution >= 4 is 11.6 Å². The van der Waals surface area contributed by atoms with Gasteiger partial charge in [0, 0.05) is 30.5 Å². The molecule has 2 heterocycles. The number of hydrogen-bond acceptors (Lipinski definition) is 5. The van der Waals surface area contributed by atoms with Crippen molar-refractivity contribution in [2.24, 2.45) is 5.92 Å². The summed E-state index contributed by atoms with van der Waals surface area (Å²) in [5.74, 6) is 0.818. The van der Waals surface area contributed by atoms with E-state index in [2.05, 4.69) is 20.4 Å². The second kappa shape index (κ2) is 9.00. The number of carbonyl (C=O) groups is 1. The molecular formula is C23H26N4O3. The molecule has 1 atom stereocenters. The van der Waals surface area contributed by atoms with Gasteiger partial charge < -0.3 is 15.2 Å². The lowest BCUT2D eigenvalue weighted by Crippen LogP contribution is -2.40. The molecule has 30 heavy (non-hydrogen) atoms. The Bertz CT molecular complexity index is 986. The van der Waals surface area contributed by atoms with Gasteiger partial charge in [0.1, 0.15) is 11.5 Å². The minimum absolute atomic E-state index is 0.0261. The van der Waals surface area contributed by atoms with Gasteiger partial charge >= 0.3 is 0 Å². The third-order valence-corrected chi connectivity index (χ3v) is 5.55. The quantitative estimate of drug-likeness (QED) is 0.581. The molecule has 7 nitrogen and oxygen atoms in total. The molecule has 0 bridgehead atoms. The number of aromatic hydroxyl groups is 1. The van der Waals surface area contributed by atoms with Crippen LogP contribution in [-0.4, -0.2) is 46.3 Å². The van der Waals surface area contributed by atoms with Crippen molar-refractivity contribution in [3.8, 4) is 22.8 Å². The number of H-pyrrole nitrogens is 1. The summed E-state index contributed by atoms with van der Waals surface area (Å²) in [6.45, 7) is 2.09. The number of nitrogens with one attached hydrogen (secondary N) is 2. The lowest BCUT2D eigenvalue weighted by Gasteiger charge is -2.32. The zero-order valence-electron chi connectivity index (χ0n) is 17.0. The van der Waals surface area contributed by atoms with E-state index in [-0.39, 0.29) is 17.6 Å². The Kier molecular flexibility index (Phi) is 5.99. The molecule has 1 fully saturated rings. The average molecular weight is 406 g/mol. The minimum atomic E-state index is -0.0946. The van der Waals surface area contributed by atoms with E-state index in [1.165, 1.54) is 0 Å². The number of nitrogens with zero attached hydrogens (tertiary/aromatic N) is 2. The van der Waals surface area contributed by atoms with Crippen molar-refractivity contribution in [2.75, 3.05) is 25.5 Å². The third kappa shape index (κ3) is 4.46. The average Bonchev–Trinajstić information content (AvgIpc) is 3.31. The molecule has 0 saturated carbocycles. The predicted molar refractivity (Wildman–Crippen MR) is 115 cm³/mol. The van der Waals surface area contributed by atoms with Crippen molar-refractivity contribution < 1.29 is 14.6 Å². The molecular weight excluding hydrogens is 380 g/mol. The number of likely N-dealkylation sites (tertiary alicyclic amines) is 1. The highest BCUT2D eigenvalue weighted by atomic mass is 16.5. The number of methoxy groups -OCH3 is 1. The van der Waals surface area contributed by atoms with E-state index >= 15 is 0 Å². The van der Waals surface area contributed by atoms with Gasteiger partial charge in [0.05, 0.1) is 18.7 Å². The van der Waals surface area contributed by atoms with E-state index in [4.69, 9.17) is 4.74 Å². The van der Waals surface area contributed by atoms with Crippen LogP contribution in [0.5, 0.6) is 11.5 Å². The van der Waals surface area contributed by atoms with Crippen LogP contribution in [0.15, 0.2) is 54.7 Å². The van der Waals surface area contributed by atoms with Gasteiger partial charge in [-0.25, -0.2) is 0 Å². The van der Waals surface area contributed by atoms with E-state index in [0.29, 0.717) is 18.8 Å². The molecule has 2 aromatic carbocycles. The van der Waals surface area contributed by atoms with Crippen LogP contribution in [0.4, 0.5) is 5.69 Å². The second-order valence-electron chi connectivity index (χ2n) is 7.57. The molecule has 156 valence electrons. The molecule has 1 saturated heterocycles. The number of benzene rings is 2. The van der Waals surface area contributed by atoms with Crippen LogP contribution in [0, 0.1) is 5.92 Å². The monoisotopic (exact) mass is 406 g/mol. The van der Waals surface area contributed by atoms with E-state index in [1.54, 1.807) is 25.4 Å². The fourth-order valence-electron chi connectivity index (χ4n) is 3.94. The van der Waals surface area contributed by atoms with Gasteiger partial charge in [-0.15, -0.1) is 0 Å². The Morgan fingerprint density at radius 1 is 1.27 bits per heavy atom. The predicted octanol–water partition coefficient (Wildman–Crippen LogP) is 3.64. The molecule has 4 rings (SSSR count). The summed E-state index contributed by atoms with van der Waals surface area (Å²) in [7, 11) is 1.60. The van der Waals surface area contributed by atoms with Crippen molar-refractivity contribution in [1.29, 1.82) is 0 Å². The first kappa shape index (κ1) is 20.0. The van der Waals surface area contributed by atoms with Crippen molar-refractivity contribution in [1.82, 2.24) is 15.1 Å². The van der Waals surface area contributed by atoms with Gasteiger partial charge in [-0.3, -0.25) is 14.8 Å². The van der Waals surface area contributed by atoms with Gasteiger partial charge in [0.15, 0.2) is 0 Å². The number of phenols is 1. The van der Waals surface area contributed by atoms with Crippen molar-refractivity contribution in [3.63, 3.8) is 0 Å². The molecule has 0 unspecified atom stereocenters. The van der Waals surface area contributed by atoms with Crippen molar-refractivity contribution in [3.05, 3.63) is 60.3 Å². The smallest absolute Gasteiger partial charge is 0.228 e. The molecule has 7 heteroatoms. The molecule has 3 aromatic rings. The largest absolute Gasteiger partial charge is 0.507 e. The van der Waals surface area contributed by atoms with Crippen LogP contribution in [0.1, 0.15) is 18.4 Å². The lowest BCUT2D eigenvalue weighted by atomic mass is 9.96. The van der Waals surface area contributed by atoms with E-state index < -0.39 is 0 Å². The lowest BCUT2D eigenvalue weighted by molar-refractivity contribution is -0.121. The Balaban J connectivity index is 1.38. The molecule has 0 radical (unpaired) electrons. The van der Waals surface area contributed by atoms with Gasteiger partial charge in [0.25, 0.3) is 0 Å². The number of ether oxygens (including phenoxy) is 1. The molecule has 1 amide bonds. The number of anilines is 1. The fraction of sp³-hybridized carbons (Fsp3) is 0.304. The zero-order chi connectivity index (χ0) is 20.9. The normalized spacial score (nSPS) is 16.9. The van der Waals surface area contributed by atoms with Crippen LogP contribution < -0.4 is 10.1 Å². The van der Waals surface area contributed by atoms with Gasteiger partial charge in [-0.1, -0.05) is 18.2 Å². The van der Waals surface area contributed by atoms with Crippen LogP contribution in [0.25, 0.3) is 11.3 Å². The summed E-state index contributed by atoms with van der Waals surface area (Å²) < 4.78 is 5.39. The maximum Gasteiger partial charge on any atom is 0.228 e. The Labute approximate surface area is 175 Å². The van der Waals surface area contributed by atoms with Gasteiger partial charge in [-0.05, 0) is 55.3 Å². The molecule has 1 aliphatic heterocycles. The zero-order valence-corrected chi connectivity index (χ0v) is 17.0. The number of hydrogen-bond donors (Lipinski definition) is 3. The maximum absolute atomic E-state index is 12.8. The highest BCUT2D eigenvalue weighted by Gasteiger charge is 2.27. The number of piperidine rings is 1. The summed E-state index contributed by atoms with van der Waals surface area (Å²) in [5.41, 5.74) is 3.50. The van der Waals surface area contributed by atoms with Crippen LogP contribution in [-0.2, 0) is 11.3 Å². The van der Waals surface area contributed by atoms with Gasteiger partial charge in [-0.2, -0.15) is 5.10 Å². The highest BCUT2D eigenvalue weighted by Crippen LogP contribution is 2.30. The number of aromatic amines is 1. The molecule has 1 aliphatic rings. The van der Waals surface area contributed by atoms with Gasteiger partial charge in [0.2, 0.25) is 5.91 Å². The third-order valence-electron chi connectivity index (χ3n) is 5.55. The van der Waals surface area contributed by atoms with E-state index in [9.17, 15) is 9.90 Å². The van der Waals surface area contributed by atoms with E-state index in [0.717, 1.165) is 41.9 Å². The summed E-state index contributed by atoms with van der Waals surface area (Å²) in [6.07, 6.45) is 3.50. The Hall–Kier alpha value is -3.32. The summed E-state index contributed by atoms with van der Waals surface area (Å²) in [5, 5.41) is 20.2. The summed E-state index contributed by atoms with van der Waals surface area (Å²) >= 11 is 0. The SMILES string of the molecule is COc1cccc(O)c1CN1CCC[C@H](C(=O)Nc2ccc(-c3ccn[nH]3)cc2)C1. The topological polar surface area (TPSA) is 90.5 Å². The van der Waals surface area contributed by atoms with Crippen molar-refractivity contribution in [2.45, 2.75) is 19.4 Å². The Morgan fingerprint density at radius 2 is 2.10 bits per heavy atom. The molecule has 3 N–H and O–H groups in total. The van der Waals surface area contributed by atoms with Crippen LogP contribution in [0.3, 0.4) is 0 Å². The first-order valence-corrected chi connectivity index (χ1v) is 10.1. The molecule has 1 aromatic heterocycles. The number of rotatable bonds is 6. The summed E-state index contributed by atoms with van der Waals surface area (Å²) in [4.78, 5) is 15.0. The molecule has 0 aliphatic carbocycles. The number of aromatic nitrogens is 2. The second-order valence-corrected chi connectivity index (χ2v) is 7.57. The number of phenolic OH excluding ortho intramolecular Hbond substituents is 1.